The van der Waals surface area contributed by atoms with E-state index in [2.05, 4.69) is 11.1 Å². The van der Waals surface area contributed by atoms with Gasteiger partial charge in [0.25, 0.3) is 0 Å². The van der Waals surface area contributed by atoms with Gasteiger partial charge in [-0.1, -0.05) is 0 Å². The summed E-state index contributed by atoms with van der Waals surface area (Å²) < 4.78 is 5.67. The molecule has 2 N–H and O–H groups in total. The molecule has 0 saturated carbocycles. The van der Waals surface area contributed by atoms with Gasteiger partial charge in [-0.3, -0.25) is 4.99 Å². The number of hydrogen-bond donors (Lipinski definition) is 2. The van der Waals surface area contributed by atoms with Crippen LogP contribution in [0, 0.1) is 11.3 Å². The highest BCUT2D eigenvalue weighted by Crippen LogP contribution is 2.25. The van der Waals surface area contributed by atoms with Crippen LogP contribution in [-0.2, 0) is 0 Å². The summed E-state index contributed by atoms with van der Waals surface area (Å²) in [7, 11) is 0. The van der Waals surface area contributed by atoms with E-state index in [0.29, 0.717) is 22.8 Å². The zero-order valence-electron chi connectivity index (χ0n) is 12.9. The van der Waals surface area contributed by atoms with Crippen LogP contribution in [0.3, 0.4) is 0 Å². The van der Waals surface area contributed by atoms with Crippen molar-refractivity contribution in [3.8, 4) is 23.1 Å². The number of furan rings is 1. The summed E-state index contributed by atoms with van der Waals surface area (Å²) in [5, 5.41) is 27.3. The largest absolute Gasteiger partial charge is 0.507 e. The minimum Gasteiger partial charge on any atom is -0.507 e. The minimum absolute atomic E-state index is 0.215. The molecule has 122 valence electrons. The third kappa shape index (κ3) is 3.57. The second-order valence-electron chi connectivity index (χ2n) is 5.16. The normalized spacial score (nSPS) is 10.7. The Labute approximate surface area is 142 Å². The van der Waals surface area contributed by atoms with Gasteiger partial charge in [-0.25, -0.2) is 4.79 Å². The van der Waals surface area contributed by atoms with E-state index in [-0.39, 0.29) is 11.3 Å². The number of rotatable bonds is 4. The van der Waals surface area contributed by atoms with E-state index in [1.54, 1.807) is 36.4 Å². The Hall–Kier alpha value is -3.85. The first-order valence-electron chi connectivity index (χ1n) is 7.27. The van der Waals surface area contributed by atoms with Crippen molar-refractivity contribution in [3.05, 3.63) is 71.5 Å². The highest BCUT2D eigenvalue weighted by Gasteiger charge is 2.09. The van der Waals surface area contributed by atoms with Crippen molar-refractivity contribution in [2.24, 2.45) is 4.99 Å². The minimum atomic E-state index is -1.23. The highest BCUT2D eigenvalue weighted by molar-refractivity contribution is 5.92. The lowest BCUT2D eigenvalue weighted by atomic mass is 10.1. The van der Waals surface area contributed by atoms with Crippen molar-refractivity contribution >= 4 is 17.9 Å². The van der Waals surface area contributed by atoms with Crippen molar-refractivity contribution in [1.29, 1.82) is 5.26 Å². The summed E-state index contributed by atoms with van der Waals surface area (Å²) in [5.74, 6) is -0.421. The number of aromatic hydroxyl groups is 1. The lowest BCUT2D eigenvalue weighted by Gasteiger charge is -2.00. The topological polar surface area (TPSA) is 107 Å². The fourth-order valence-electron chi connectivity index (χ4n) is 2.20. The average molecular weight is 332 g/mol. The molecule has 0 spiro atoms. The van der Waals surface area contributed by atoms with Gasteiger partial charge in [-0.2, -0.15) is 5.26 Å². The van der Waals surface area contributed by atoms with E-state index < -0.39 is 5.97 Å². The SMILES string of the molecule is N#Cc1ccc(-c2ccc(C=Nc3ccc(O)c(C(=O)O)c3)o2)cc1. The maximum absolute atomic E-state index is 11.0. The third-order valence-corrected chi connectivity index (χ3v) is 3.48. The third-order valence-electron chi connectivity index (χ3n) is 3.48. The van der Waals surface area contributed by atoms with Crippen LogP contribution in [0.15, 0.2) is 64.0 Å². The molecule has 6 heteroatoms. The number of carbonyl (C=O) groups is 1. The second kappa shape index (κ2) is 6.72. The lowest BCUT2D eigenvalue weighted by molar-refractivity contribution is 0.0694. The van der Waals surface area contributed by atoms with Crippen LogP contribution in [0.2, 0.25) is 0 Å². The van der Waals surface area contributed by atoms with Crippen molar-refractivity contribution < 1.29 is 19.4 Å². The molecule has 0 aliphatic heterocycles. The van der Waals surface area contributed by atoms with Crippen molar-refractivity contribution in [2.75, 3.05) is 0 Å². The van der Waals surface area contributed by atoms with E-state index in [1.807, 2.05) is 0 Å². The Morgan fingerprint density at radius 2 is 1.88 bits per heavy atom. The Morgan fingerprint density at radius 3 is 2.56 bits per heavy atom. The van der Waals surface area contributed by atoms with Crippen LogP contribution >= 0.6 is 0 Å². The smallest absolute Gasteiger partial charge is 0.339 e. The van der Waals surface area contributed by atoms with Gasteiger partial charge in [0.1, 0.15) is 22.8 Å². The molecule has 3 rings (SSSR count). The average Bonchev–Trinajstić information content (AvgIpc) is 3.10. The van der Waals surface area contributed by atoms with E-state index in [1.165, 1.54) is 24.4 Å². The molecule has 0 bridgehead atoms. The van der Waals surface area contributed by atoms with Crippen LogP contribution in [-0.4, -0.2) is 22.4 Å². The summed E-state index contributed by atoms with van der Waals surface area (Å²) in [6.07, 6.45) is 1.46. The van der Waals surface area contributed by atoms with Gasteiger partial charge in [0, 0.05) is 5.56 Å². The number of benzene rings is 2. The molecular formula is C19H12N2O4. The molecular weight excluding hydrogens is 320 g/mol. The number of aromatic carboxylic acids is 1. The van der Waals surface area contributed by atoms with Gasteiger partial charge < -0.3 is 14.6 Å². The van der Waals surface area contributed by atoms with Crippen LogP contribution in [0.5, 0.6) is 5.75 Å². The van der Waals surface area contributed by atoms with Gasteiger partial charge in [0.15, 0.2) is 0 Å². The molecule has 25 heavy (non-hydrogen) atoms. The summed E-state index contributed by atoms with van der Waals surface area (Å²) in [5.41, 5.74) is 1.56. The number of nitrogens with zero attached hydrogens (tertiary/aromatic N) is 2. The summed E-state index contributed by atoms with van der Waals surface area (Å²) in [6.45, 7) is 0. The van der Waals surface area contributed by atoms with Gasteiger partial charge >= 0.3 is 5.97 Å². The van der Waals surface area contributed by atoms with Crippen molar-refractivity contribution in [3.63, 3.8) is 0 Å². The lowest BCUT2D eigenvalue weighted by Crippen LogP contribution is -1.95. The Balaban J connectivity index is 1.81. The Bertz CT molecular complexity index is 995. The predicted octanol–water partition coefficient (Wildman–Crippen LogP) is 3.97. The fraction of sp³-hybridized carbons (Fsp3) is 0. The van der Waals surface area contributed by atoms with E-state index in [9.17, 15) is 9.90 Å². The standard InChI is InChI=1S/C19H12N2O4/c20-10-12-1-3-13(4-2-12)18-8-6-15(25-18)11-21-14-5-7-17(22)16(9-14)19(23)24/h1-9,11,22H,(H,23,24). The Morgan fingerprint density at radius 1 is 1.12 bits per heavy atom. The molecule has 0 amide bonds. The summed E-state index contributed by atoms with van der Waals surface area (Å²) >= 11 is 0. The van der Waals surface area contributed by atoms with Gasteiger partial charge in [0.05, 0.1) is 23.5 Å². The molecule has 0 unspecified atom stereocenters. The molecule has 0 aliphatic rings. The van der Waals surface area contributed by atoms with Crippen LogP contribution in [0.25, 0.3) is 11.3 Å². The molecule has 2 aromatic carbocycles. The highest BCUT2D eigenvalue weighted by atomic mass is 16.4. The number of carboxylic acids is 1. The first kappa shape index (κ1) is 16.0. The first-order chi connectivity index (χ1) is 12.1. The summed E-state index contributed by atoms with van der Waals surface area (Å²) in [4.78, 5) is 15.2. The Kier molecular flexibility index (Phi) is 4.31. The van der Waals surface area contributed by atoms with Crippen molar-refractivity contribution in [1.82, 2.24) is 0 Å². The number of hydrogen-bond acceptors (Lipinski definition) is 5. The van der Waals surface area contributed by atoms with Gasteiger partial charge in [-0.15, -0.1) is 0 Å². The zero-order valence-corrected chi connectivity index (χ0v) is 12.9. The maximum atomic E-state index is 11.0. The zero-order chi connectivity index (χ0) is 17.8. The maximum Gasteiger partial charge on any atom is 0.339 e. The van der Waals surface area contributed by atoms with E-state index in [4.69, 9.17) is 14.8 Å². The van der Waals surface area contributed by atoms with Crippen molar-refractivity contribution in [2.45, 2.75) is 0 Å². The van der Waals surface area contributed by atoms with Crippen LogP contribution in [0.4, 0.5) is 5.69 Å². The first-order valence-corrected chi connectivity index (χ1v) is 7.27. The van der Waals surface area contributed by atoms with Crippen LogP contribution in [0.1, 0.15) is 21.7 Å². The molecule has 0 fully saturated rings. The number of carboxylic acid groups (broad SMARTS) is 1. The second-order valence-corrected chi connectivity index (χ2v) is 5.16. The van der Waals surface area contributed by atoms with E-state index >= 15 is 0 Å². The quantitative estimate of drug-likeness (QED) is 0.703. The monoisotopic (exact) mass is 332 g/mol. The molecule has 3 aromatic rings. The number of aliphatic imine (C=N–C) groups is 1. The molecule has 6 nitrogen and oxygen atoms in total. The van der Waals surface area contributed by atoms with Crippen LogP contribution < -0.4 is 0 Å². The number of phenols is 1. The molecule has 0 aliphatic carbocycles. The molecule has 1 aromatic heterocycles. The fourth-order valence-corrected chi connectivity index (χ4v) is 2.20. The summed E-state index contributed by atoms with van der Waals surface area (Å²) in [6, 6.07) is 16.6. The molecule has 1 heterocycles. The van der Waals surface area contributed by atoms with Gasteiger partial charge in [0.2, 0.25) is 0 Å². The molecule has 0 atom stereocenters. The predicted molar refractivity (Wildman–Crippen MR) is 91.2 cm³/mol. The van der Waals surface area contributed by atoms with E-state index in [0.717, 1.165) is 5.56 Å². The number of nitriles is 1. The van der Waals surface area contributed by atoms with Gasteiger partial charge in [-0.05, 0) is 54.6 Å². The molecule has 0 saturated heterocycles. The molecule has 0 radical (unpaired) electrons.